The van der Waals surface area contributed by atoms with Crippen LogP contribution in [0.3, 0.4) is 0 Å². The van der Waals surface area contributed by atoms with Crippen molar-refractivity contribution in [1.82, 2.24) is 4.98 Å². The Bertz CT molecular complexity index is 1230. The minimum absolute atomic E-state index is 0.117. The Balaban J connectivity index is 1.75. The highest BCUT2D eigenvalue weighted by Crippen LogP contribution is 2.25. The molecule has 1 N–H and O–H groups in total. The third-order valence-electron chi connectivity index (χ3n) is 4.59. The van der Waals surface area contributed by atoms with E-state index in [1.54, 1.807) is 72.8 Å². The van der Waals surface area contributed by atoms with Crippen molar-refractivity contribution in [3.05, 3.63) is 118 Å². The Labute approximate surface area is 166 Å². The van der Waals surface area contributed by atoms with Crippen LogP contribution in [0.2, 0.25) is 0 Å². The van der Waals surface area contributed by atoms with Gasteiger partial charge in [0.15, 0.2) is 6.10 Å². The summed E-state index contributed by atoms with van der Waals surface area (Å²) >= 11 is 0. The molecule has 3 aromatic carbocycles. The molecule has 1 aromatic heterocycles. The van der Waals surface area contributed by atoms with Gasteiger partial charge < -0.3 is 9.72 Å². The number of H-pyrrole nitrogens is 1. The van der Waals surface area contributed by atoms with Gasteiger partial charge in [0.25, 0.3) is 0 Å². The topological polar surface area (TPSA) is 76.2 Å². The van der Waals surface area contributed by atoms with Gasteiger partial charge in [0, 0.05) is 28.1 Å². The lowest BCUT2D eigenvalue weighted by atomic mass is 9.99. The number of hydrogen-bond acceptors (Lipinski definition) is 4. The van der Waals surface area contributed by atoms with Crippen molar-refractivity contribution < 1.29 is 14.3 Å². The number of nitrogens with one attached hydrogen (secondary N) is 1. The number of Topliss-reactive ketones (excluding diaryl/α,β-unsaturated/α-hetero) is 1. The SMILES string of the molecule is O=C(O[C@@H](C(=O)c1ccccc1)c1ccccc1)c1cc(=O)[nH]c2ccccc12. The molecule has 0 radical (unpaired) electrons. The van der Waals surface area contributed by atoms with E-state index in [0.29, 0.717) is 22.0 Å². The van der Waals surface area contributed by atoms with Crippen LogP contribution in [0.1, 0.15) is 32.4 Å². The molecule has 29 heavy (non-hydrogen) atoms. The van der Waals surface area contributed by atoms with Crippen LogP contribution < -0.4 is 5.56 Å². The normalized spacial score (nSPS) is 11.7. The molecule has 0 aliphatic heterocycles. The molecule has 0 amide bonds. The number of benzene rings is 3. The van der Waals surface area contributed by atoms with Crippen LogP contribution in [-0.4, -0.2) is 16.7 Å². The largest absolute Gasteiger partial charge is 0.445 e. The van der Waals surface area contributed by atoms with E-state index in [1.807, 2.05) is 12.1 Å². The fourth-order valence-electron chi connectivity index (χ4n) is 3.20. The standard InChI is InChI=1S/C24H17NO4/c26-21-15-19(18-13-7-8-14-20(18)25-21)24(28)29-23(17-11-5-2-6-12-17)22(27)16-9-3-1-4-10-16/h1-15,23H,(H,25,26)/t23-/m1/s1. The first-order chi connectivity index (χ1) is 14.1. The first-order valence-electron chi connectivity index (χ1n) is 9.11. The van der Waals surface area contributed by atoms with E-state index < -0.39 is 17.6 Å². The summed E-state index contributed by atoms with van der Waals surface area (Å²) in [5, 5.41) is 0.552. The molecule has 0 aliphatic rings. The molecule has 1 heterocycles. The van der Waals surface area contributed by atoms with E-state index in [0.717, 1.165) is 0 Å². The Hall–Kier alpha value is -3.99. The first-order valence-corrected chi connectivity index (χ1v) is 9.11. The maximum atomic E-state index is 13.1. The van der Waals surface area contributed by atoms with Gasteiger partial charge in [0.05, 0.1) is 5.56 Å². The third kappa shape index (κ3) is 3.84. The molecular weight excluding hydrogens is 366 g/mol. The molecule has 5 heteroatoms. The van der Waals surface area contributed by atoms with Crippen LogP contribution in [0.5, 0.6) is 0 Å². The summed E-state index contributed by atoms with van der Waals surface area (Å²) < 4.78 is 5.66. The zero-order valence-corrected chi connectivity index (χ0v) is 15.4. The van der Waals surface area contributed by atoms with Crippen LogP contribution in [0.25, 0.3) is 10.9 Å². The highest BCUT2D eigenvalue weighted by Gasteiger charge is 2.27. The number of carbonyl (C=O) groups is 2. The van der Waals surface area contributed by atoms with Gasteiger partial charge in [-0.3, -0.25) is 9.59 Å². The van der Waals surface area contributed by atoms with Gasteiger partial charge in [-0.1, -0.05) is 78.9 Å². The number of rotatable bonds is 5. The molecule has 4 aromatic rings. The van der Waals surface area contributed by atoms with E-state index >= 15 is 0 Å². The third-order valence-corrected chi connectivity index (χ3v) is 4.59. The summed E-state index contributed by atoms with van der Waals surface area (Å²) in [5.41, 5.74) is 1.22. The van der Waals surface area contributed by atoms with Crippen molar-refractivity contribution in [2.45, 2.75) is 6.10 Å². The zero-order valence-electron chi connectivity index (χ0n) is 15.4. The number of ketones is 1. The summed E-state index contributed by atoms with van der Waals surface area (Å²) in [4.78, 5) is 40.8. The summed E-state index contributed by atoms with van der Waals surface area (Å²) in [6.45, 7) is 0. The fraction of sp³-hybridized carbons (Fsp3) is 0.0417. The van der Waals surface area contributed by atoms with Gasteiger partial charge in [-0.05, 0) is 6.07 Å². The van der Waals surface area contributed by atoms with E-state index in [1.165, 1.54) is 6.07 Å². The van der Waals surface area contributed by atoms with E-state index in [9.17, 15) is 14.4 Å². The monoisotopic (exact) mass is 383 g/mol. The molecular formula is C24H17NO4. The molecule has 0 saturated carbocycles. The van der Waals surface area contributed by atoms with E-state index in [4.69, 9.17) is 4.74 Å². The minimum Gasteiger partial charge on any atom is -0.445 e. The molecule has 0 bridgehead atoms. The summed E-state index contributed by atoms with van der Waals surface area (Å²) in [7, 11) is 0. The van der Waals surface area contributed by atoms with Crippen LogP contribution in [0.15, 0.2) is 95.8 Å². The molecule has 1 atom stereocenters. The number of pyridine rings is 1. The zero-order chi connectivity index (χ0) is 20.2. The minimum atomic E-state index is -1.12. The van der Waals surface area contributed by atoms with Crippen molar-refractivity contribution in [3.63, 3.8) is 0 Å². The number of aromatic amines is 1. The highest BCUT2D eigenvalue weighted by molar-refractivity contribution is 6.06. The maximum Gasteiger partial charge on any atom is 0.340 e. The molecule has 0 saturated heterocycles. The van der Waals surface area contributed by atoms with Crippen molar-refractivity contribution in [3.8, 4) is 0 Å². The Morgan fingerprint density at radius 2 is 1.41 bits per heavy atom. The van der Waals surface area contributed by atoms with Gasteiger partial charge in [0.1, 0.15) is 0 Å². The van der Waals surface area contributed by atoms with Gasteiger partial charge in [-0.2, -0.15) is 0 Å². The highest BCUT2D eigenvalue weighted by atomic mass is 16.5. The van der Waals surface area contributed by atoms with Gasteiger partial charge in [-0.25, -0.2) is 4.79 Å². The fourth-order valence-corrected chi connectivity index (χ4v) is 3.20. The average Bonchev–Trinajstić information content (AvgIpc) is 2.77. The molecule has 0 aliphatic carbocycles. The van der Waals surface area contributed by atoms with Crippen molar-refractivity contribution in [2.75, 3.05) is 0 Å². The van der Waals surface area contributed by atoms with Crippen molar-refractivity contribution in [1.29, 1.82) is 0 Å². The number of carbonyl (C=O) groups excluding carboxylic acids is 2. The van der Waals surface area contributed by atoms with Crippen molar-refractivity contribution in [2.24, 2.45) is 0 Å². The summed E-state index contributed by atoms with van der Waals surface area (Å²) in [6.07, 6.45) is -1.12. The second-order valence-electron chi connectivity index (χ2n) is 6.52. The lowest BCUT2D eigenvalue weighted by molar-refractivity contribution is 0.0282. The van der Waals surface area contributed by atoms with E-state index in [-0.39, 0.29) is 11.3 Å². The lowest BCUT2D eigenvalue weighted by Gasteiger charge is -2.18. The number of para-hydroxylation sites is 1. The predicted octanol–water partition coefficient (Wildman–Crippen LogP) is 4.31. The second-order valence-corrected chi connectivity index (χ2v) is 6.52. The Morgan fingerprint density at radius 1 is 0.793 bits per heavy atom. The van der Waals surface area contributed by atoms with Crippen molar-refractivity contribution >= 4 is 22.7 Å². The summed E-state index contributed by atoms with van der Waals surface area (Å²) in [5.74, 6) is -1.07. The van der Waals surface area contributed by atoms with Gasteiger partial charge >= 0.3 is 5.97 Å². The van der Waals surface area contributed by atoms with Gasteiger partial charge in [0.2, 0.25) is 11.3 Å². The predicted molar refractivity (Wildman–Crippen MR) is 110 cm³/mol. The lowest BCUT2D eigenvalue weighted by Crippen LogP contribution is -2.21. The number of esters is 1. The number of ether oxygens (including phenoxy) is 1. The number of fused-ring (bicyclic) bond motifs is 1. The number of aromatic nitrogens is 1. The molecule has 4 rings (SSSR count). The van der Waals surface area contributed by atoms with E-state index in [2.05, 4.69) is 4.98 Å². The molecule has 142 valence electrons. The van der Waals surface area contributed by atoms with Crippen LogP contribution in [-0.2, 0) is 4.74 Å². The molecule has 5 nitrogen and oxygen atoms in total. The van der Waals surface area contributed by atoms with Crippen LogP contribution in [0, 0.1) is 0 Å². The Morgan fingerprint density at radius 3 is 2.14 bits per heavy atom. The number of hydrogen-bond donors (Lipinski definition) is 1. The Kier molecular flexibility index (Phi) is 5.03. The van der Waals surface area contributed by atoms with Gasteiger partial charge in [-0.15, -0.1) is 0 Å². The molecule has 0 spiro atoms. The van der Waals surface area contributed by atoms with Crippen LogP contribution >= 0.6 is 0 Å². The molecule has 0 fully saturated rings. The average molecular weight is 383 g/mol. The first kappa shape index (κ1) is 18.4. The smallest absolute Gasteiger partial charge is 0.340 e. The quantitative estimate of drug-likeness (QED) is 0.412. The summed E-state index contributed by atoms with van der Waals surface area (Å²) in [6, 6.07) is 25.6. The maximum absolute atomic E-state index is 13.1. The second kappa shape index (κ2) is 7.94. The molecule has 0 unspecified atom stereocenters. The van der Waals surface area contributed by atoms with Crippen LogP contribution in [0.4, 0.5) is 0 Å².